The molecule has 0 amide bonds. The van der Waals surface area contributed by atoms with E-state index in [1.807, 2.05) is 6.92 Å². The molecule has 17 heavy (non-hydrogen) atoms. The maximum atomic E-state index is 13.6. The van der Waals surface area contributed by atoms with Crippen molar-refractivity contribution >= 4 is 11.6 Å². The van der Waals surface area contributed by atoms with Gasteiger partial charge in [-0.25, -0.2) is 4.39 Å². The third-order valence-electron chi connectivity index (χ3n) is 2.57. The number of anilines is 1. The molecule has 1 aromatic rings. The number of halogens is 1. The fourth-order valence-corrected chi connectivity index (χ4v) is 1.77. The first-order chi connectivity index (χ1) is 8.19. The topological polar surface area (TPSA) is 47.9 Å². The summed E-state index contributed by atoms with van der Waals surface area (Å²) in [4.78, 5) is 5.54. The Kier molecular flexibility index (Phi) is 4.90. The van der Waals surface area contributed by atoms with Crippen molar-refractivity contribution in [2.45, 2.75) is 13.3 Å². The third-order valence-corrected chi connectivity index (χ3v) is 2.57. The Balaban J connectivity index is 3.25. The minimum absolute atomic E-state index is 0.260. The van der Waals surface area contributed by atoms with Crippen molar-refractivity contribution in [3.8, 4) is 0 Å². The van der Waals surface area contributed by atoms with Gasteiger partial charge in [-0.2, -0.15) is 0 Å². The molecule has 0 atom stereocenters. The summed E-state index contributed by atoms with van der Waals surface area (Å²) in [6.07, 6.45) is 0.555. The van der Waals surface area contributed by atoms with Gasteiger partial charge >= 0.3 is 0 Å². The van der Waals surface area contributed by atoms with Gasteiger partial charge in [0.05, 0.1) is 5.69 Å². The Bertz CT molecular complexity index is 407. The van der Waals surface area contributed by atoms with E-state index in [1.165, 1.54) is 11.0 Å². The Morgan fingerprint density at radius 1 is 1.53 bits per heavy atom. The van der Waals surface area contributed by atoms with E-state index in [2.05, 4.69) is 10.3 Å². The van der Waals surface area contributed by atoms with Crippen LogP contribution < -0.4 is 10.2 Å². The number of rotatable bonds is 3. The maximum absolute atomic E-state index is 13.6. The zero-order chi connectivity index (χ0) is 12.8. The van der Waals surface area contributed by atoms with Gasteiger partial charge in [0.2, 0.25) is 0 Å². The van der Waals surface area contributed by atoms with Gasteiger partial charge in [0.1, 0.15) is 12.5 Å². The number of guanidine groups is 1. The van der Waals surface area contributed by atoms with E-state index >= 15 is 0 Å². The first-order valence-electron chi connectivity index (χ1n) is 5.49. The summed E-state index contributed by atoms with van der Waals surface area (Å²) in [7, 11) is 3.31. The molecule has 0 radical (unpaired) electrons. The smallest absolute Gasteiger partial charge is 0.199 e. The van der Waals surface area contributed by atoms with Crippen LogP contribution >= 0.6 is 0 Å². The molecule has 0 saturated heterocycles. The lowest BCUT2D eigenvalue weighted by Gasteiger charge is -2.25. The highest BCUT2D eigenvalue weighted by atomic mass is 19.1. The van der Waals surface area contributed by atoms with Crippen LogP contribution in [0, 0.1) is 5.82 Å². The van der Waals surface area contributed by atoms with Crippen LogP contribution in [0.15, 0.2) is 23.2 Å². The number of nitrogens with one attached hydrogen (secondary N) is 1. The second-order valence-corrected chi connectivity index (χ2v) is 3.46. The fourth-order valence-electron chi connectivity index (χ4n) is 1.77. The third kappa shape index (κ3) is 2.74. The average Bonchev–Trinajstić information content (AvgIpc) is 2.35. The summed E-state index contributed by atoms with van der Waals surface area (Å²) < 4.78 is 13.6. The molecule has 0 fully saturated rings. The van der Waals surface area contributed by atoms with E-state index in [0.29, 0.717) is 23.6 Å². The van der Waals surface area contributed by atoms with E-state index in [1.54, 1.807) is 26.2 Å². The summed E-state index contributed by atoms with van der Waals surface area (Å²) in [5.41, 5.74) is 1.20. The number of benzene rings is 1. The highest BCUT2D eigenvalue weighted by Gasteiger charge is 2.16. The van der Waals surface area contributed by atoms with Gasteiger partial charge in [-0.1, -0.05) is 13.0 Å². The number of aliphatic imine (C=N–C) groups is 1. The highest BCUT2D eigenvalue weighted by molar-refractivity contribution is 5.96. The first kappa shape index (κ1) is 13.4. The number of hydrogen-bond donors (Lipinski definition) is 2. The largest absolute Gasteiger partial charge is 0.376 e. The molecule has 0 spiro atoms. The Labute approximate surface area is 101 Å². The first-order valence-corrected chi connectivity index (χ1v) is 5.49. The van der Waals surface area contributed by atoms with Gasteiger partial charge in [-0.3, -0.25) is 9.89 Å². The zero-order valence-electron chi connectivity index (χ0n) is 10.4. The molecular weight excluding hydrogens is 221 g/mol. The van der Waals surface area contributed by atoms with Gasteiger partial charge in [0.25, 0.3) is 0 Å². The van der Waals surface area contributed by atoms with Gasteiger partial charge in [0.15, 0.2) is 5.96 Å². The van der Waals surface area contributed by atoms with Gasteiger partial charge in [0, 0.05) is 19.7 Å². The van der Waals surface area contributed by atoms with Crippen LogP contribution in [0.2, 0.25) is 0 Å². The Morgan fingerprint density at radius 2 is 2.24 bits per heavy atom. The lowest BCUT2D eigenvalue weighted by Crippen LogP contribution is -2.40. The minimum Gasteiger partial charge on any atom is -0.376 e. The quantitative estimate of drug-likeness (QED) is 0.475. The lowest BCUT2D eigenvalue weighted by molar-refractivity contribution is 0.306. The molecule has 0 aliphatic rings. The van der Waals surface area contributed by atoms with Crippen molar-refractivity contribution in [3.63, 3.8) is 0 Å². The molecule has 0 heterocycles. The van der Waals surface area contributed by atoms with Crippen LogP contribution in [0.25, 0.3) is 0 Å². The second kappa shape index (κ2) is 6.20. The summed E-state index contributed by atoms with van der Waals surface area (Å²) in [6.45, 7) is 1.61. The van der Waals surface area contributed by atoms with Crippen LogP contribution in [-0.2, 0) is 6.42 Å². The number of hydrogen-bond acceptors (Lipinski definition) is 2. The van der Waals surface area contributed by atoms with Crippen LogP contribution in [0.4, 0.5) is 10.1 Å². The standard InChI is InChI=1S/C12H18FN3O/c1-4-9-10(13)6-5-7-11(9)16(8-17)12(14-2)15-3/h5-7,17H,4,8H2,1-3H3,(H,14,15). The molecule has 2 N–H and O–H groups in total. The highest BCUT2D eigenvalue weighted by Crippen LogP contribution is 2.23. The molecular formula is C12H18FN3O. The number of nitrogens with zero attached hydrogens (tertiary/aromatic N) is 2. The molecule has 0 saturated carbocycles. The Morgan fingerprint density at radius 3 is 2.71 bits per heavy atom. The molecule has 1 rings (SSSR count). The predicted octanol–water partition coefficient (Wildman–Crippen LogP) is 1.35. The fraction of sp³-hybridized carbons (Fsp3) is 0.417. The zero-order valence-corrected chi connectivity index (χ0v) is 10.4. The van der Waals surface area contributed by atoms with Gasteiger partial charge in [-0.05, 0) is 18.6 Å². The van der Waals surface area contributed by atoms with E-state index in [4.69, 9.17) is 0 Å². The van der Waals surface area contributed by atoms with Crippen molar-refractivity contribution in [2.75, 3.05) is 25.7 Å². The second-order valence-electron chi connectivity index (χ2n) is 3.46. The monoisotopic (exact) mass is 239 g/mol. The van der Waals surface area contributed by atoms with E-state index in [0.717, 1.165) is 0 Å². The summed E-state index contributed by atoms with van der Waals surface area (Å²) in [5, 5.41) is 12.3. The molecule has 0 aromatic heterocycles. The van der Waals surface area contributed by atoms with Gasteiger partial charge < -0.3 is 10.4 Å². The van der Waals surface area contributed by atoms with Crippen molar-refractivity contribution in [1.82, 2.24) is 5.32 Å². The lowest BCUT2D eigenvalue weighted by atomic mass is 10.1. The van der Waals surface area contributed by atoms with E-state index in [9.17, 15) is 9.50 Å². The van der Waals surface area contributed by atoms with Crippen molar-refractivity contribution < 1.29 is 9.50 Å². The summed E-state index contributed by atoms with van der Waals surface area (Å²) in [6, 6.07) is 4.80. The van der Waals surface area contributed by atoms with Gasteiger partial charge in [-0.15, -0.1) is 0 Å². The number of aliphatic hydroxyl groups excluding tert-OH is 1. The molecule has 0 bridgehead atoms. The van der Waals surface area contributed by atoms with Crippen molar-refractivity contribution in [1.29, 1.82) is 0 Å². The van der Waals surface area contributed by atoms with Crippen LogP contribution in [0.3, 0.4) is 0 Å². The normalized spacial score (nSPS) is 11.5. The Hall–Kier alpha value is -1.62. The van der Waals surface area contributed by atoms with Crippen LogP contribution in [-0.4, -0.2) is 31.9 Å². The van der Waals surface area contributed by atoms with Crippen molar-refractivity contribution in [2.24, 2.45) is 4.99 Å². The SMILES string of the molecule is CCc1c(F)cccc1N(CO)C(=NC)NC. The predicted molar refractivity (Wildman–Crippen MR) is 67.8 cm³/mol. The van der Waals surface area contributed by atoms with Crippen LogP contribution in [0.5, 0.6) is 0 Å². The van der Waals surface area contributed by atoms with Crippen LogP contribution in [0.1, 0.15) is 12.5 Å². The molecule has 5 heteroatoms. The molecule has 4 nitrogen and oxygen atoms in total. The maximum Gasteiger partial charge on any atom is 0.199 e. The summed E-state index contributed by atoms with van der Waals surface area (Å²) in [5.74, 6) is 0.225. The molecule has 0 aliphatic heterocycles. The molecule has 94 valence electrons. The minimum atomic E-state index is -0.269. The molecule has 1 aromatic carbocycles. The number of aliphatic hydroxyl groups is 1. The molecule has 0 aliphatic carbocycles. The summed E-state index contributed by atoms with van der Waals surface area (Å²) >= 11 is 0. The van der Waals surface area contributed by atoms with Crippen molar-refractivity contribution in [3.05, 3.63) is 29.6 Å². The molecule has 0 unspecified atom stereocenters. The average molecular weight is 239 g/mol. The van der Waals surface area contributed by atoms with E-state index in [-0.39, 0.29) is 12.5 Å². The van der Waals surface area contributed by atoms with E-state index < -0.39 is 0 Å².